The first-order valence-electron chi connectivity index (χ1n) is 42.6. The third kappa shape index (κ3) is 50.9. The summed E-state index contributed by atoms with van der Waals surface area (Å²) < 4.78 is 3.20. The van der Waals surface area contributed by atoms with E-state index in [1.165, 1.54) is 55.6 Å². The molecule has 0 spiro atoms. The molecule has 10 aromatic heterocycles. The van der Waals surface area contributed by atoms with Gasteiger partial charge in [0.2, 0.25) is 0 Å². The van der Waals surface area contributed by atoms with Crippen molar-refractivity contribution in [3.63, 3.8) is 0 Å². The molecule has 0 atom stereocenters. The van der Waals surface area contributed by atoms with Crippen LogP contribution in [-0.2, 0) is 80.4 Å². The molecule has 10 aromatic carbocycles. The van der Waals surface area contributed by atoms with Crippen LogP contribution >= 0.6 is 47.8 Å². The monoisotopic (exact) mass is 2690 g/mol. The number of nitrogens with zero attached hydrogens (tertiary/aromatic N) is 10. The number of pyridine rings is 10. The minimum absolute atomic E-state index is 0. The molecule has 0 aliphatic heterocycles. The van der Waals surface area contributed by atoms with E-state index in [9.17, 15) is 0 Å². The first-order chi connectivity index (χ1) is 64.9. The Labute approximate surface area is 891 Å². The summed E-state index contributed by atoms with van der Waals surface area (Å²) in [4.78, 5) is 41.5. The Hall–Kier alpha value is -12.3. The molecule has 0 saturated carbocycles. The summed E-state index contributed by atoms with van der Waals surface area (Å²) in [6.07, 6.45) is 23.5. The van der Waals surface area contributed by atoms with Crippen LogP contribution in [0.2, 0.25) is 0 Å². The van der Waals surface area contributed by atoms with Gasteiger partial charge in [0.25, 0.3) is 0 Å². The van der Waals surface area contributed by atoms with Crippen LogP contribution in [0.15, 0.2) is 458 Å². The second kappa shape index (κ2) is 71.3. The molecule has 0 aliphatic rings. The van der Waals surface area contributed by atoms with Crippen molar-refractivity contribution in [1.82, 2.24) is 49.8 Å². The average molecular weight is 2690 g/mol. The van der Waals surface area contributed by atoms with Gasteiger partial charge in [-0.25, -0.2) is 0 Å². The number of hydrogen-bond donors (Lipinski definition) is 0. The quantitative estimate of drug-likeness (QED) is 0.142. The molecule has 20 aromatic rings. The van der Waals surface area contributed by atoms with Gasteiger partial charge in [-0.1, -0.05) is 143 Å². The van der Waals surface area contributed by atoms with Gasteiger partial charge >= 0.3 is 60.3 Å². The van der Waals surface area contributed by atoms with E-state index in [1.54, 1.807) is 37.2 Å². The van der Waals surface area contributed by atoms with E-state index in [0.717, 1.165) is 92.2 Å². The Balaban J connectivity index is 0.000000312. The smallest absolute Gasteiger partial charge is 0.305 e. The van der Waals surface area contributed by atoms with Crippen LogP contribution < -0.4 is 0 Å². The van der Waals surface area contributed by atoms with Crippen molar-refractivity contribution < 1.29 is 80.4 Å². The zero-order chi connectivity index (χ0) is 94.3. The maximum Gasteiger partial charge on any atom is 3.00 e. The fraction of sp³-hybridized carbons (Fsp3) is 0.0833. The molecule has 0 N–H and O–H groups in total. The molecule has 0 unspecified atom stereocenters. The molecule has 17 heteroatoms. The third-order valence-corrected chi connectivity index (χ3v) is 19.4. The van der Waals surface area contributed by atoms with E-state index in [4.69, 9.17) is 0 Å². The van der Waals surface area contributed by atoms with Crippen LogP contribution in [0.5, 0.6) is 0 Å². The molecule has 1 radical (unpaired) electrons. The molecule has 10 nitrogen and oxygen atoms in total. The van der Waals surface area contributed by atoms with Gasteiger partial charge in [-0.15, -0.1) is 239 Å². The first kappa shape index (κ1) is 117. The number of hydrogen-bond acceptors (Lipinski definition) is 10. The fourth-order valence-corrected chi connectivity index (χ4v) is 12.0. The second-order valence-electron chi connectivity index (χ2n) is 29.2. The summed E-state index contributed by atoms with van der Waals surface area (Å²) in [5, 5.41) is 0. The molecule has 10 heterocycles. The Bertz CT molecular complexity index is 5600. The van der Waals surface area contributed by atoms with Crippen LogP contribution in [0, 0.1) is 130 Å². The zero-order valence-corrected chi connectivity index (χ0v) is 91.9. The van der Waals surface area contributed by atoms with Crippen molar-refractivity contribution in [2.75, 3.05) is 0 Å². The van der Waals surface area contributed by atoms with Crippen molar-refractivity contribution in [2.24, 2.45) is 0 Å². The predicted octanol–water partition coefficient (Wildman–Crippen LogP) is 30.9. The SMILES string of the molecule is Brc1cc[c-]cc1.Cc1ccnc(-c2[c-]ccc(Br)c2)c1.Cc1ccnc(-c2[c-]ccc(Br)c2)c1.Cc1ccnc(-c2[c-]cccc2)c1.Cc1ccnc(-c2[c-]cccc2)c1.Cc1ccnc(-c2[c-]cccc2)c1.Cc1ccnc(-c2[c-]cccc2)c1.Cc1ccnc(-c2[c-]cccc2)c1.Cc1ccncc1.Cc1ccncc1.Cc1ccncc1.[Ir+3].[Ir+3].[Ir+3].[Ir].[c-]1ccccc1.[c-]1ccccc1. The van der Waals surface area contributed by atoms with E-state index in [1.807, 2.05) is 386 Å². The van der Waals surface area contributed by atoms with Crippen molar-refractivity contribution in [3.8, 4) is 78.8 Å². The number of halogens is 3. The van der Waals surface area contributed by atoms with Gasteiger partial charge in [0.15, 0.2) is 0 Å². The van der Waals surface area contributed by atoms with Crippen molar-refractivity contribution in [3.05, 3.63) is 574 Å². The van der Waals surface area contributed by atoms with E-state index in [0.29, 0.717) is 0 Å². The summed E-state index contributed by atoms with van der Waals surface area (Å²) in [6, 6.07) is 149. The number of aromatic nitrogens is 10. The fourth-order valence-electron chi connectivity index (χ4n) is 11.1. The number of rotatable bonds is 7. The van der Waals surface area contributed by atoms with Crippen LogP contribution in [-0.4, -0.2) is 49.8 Å². The number of benzene rings is 10. The van der Waals surface area contributed by atoms with Gasteiger partial charge in [-0.05, 0) is 205 Å². The van der Waals surface area contributed by atoms with Crippen molar-refractivity contribution >= 4 is 47.8 Å². The topological polar surface area (TPSA) is 129 Å². The van der Waals surface area contributed by atoms with E-state index in [2.05, 4.69) is 249 Å². The first-order valence-corrected chi connectivity index (χ1v) is 45.0. The van der Waals surface area contributed by atoms with Crippen molar-refractivity contribution in [1.29, 1.82) is 0 Å². The summed E-state index contributed by atoms with van der Waals surface area (Å²) >= 11 is 10.2. The Morgan fingerprint density at radius 3 is 0.496 bits per heavy atom. The average Bonchev–Trinajstić information content (AvgIpc) is 0.936. The van der Waals surface area contributed by atoms with Gasteiger partial charge in [0, 0.05) is 101 Å². The molecule has 0 bridgehead atoms. The molecule has 20 rings (SSSR count). The summed E-state index contributed by atoms with van der Waals surface area (Å²) in [5.74, 6) is 0. The maximum atomic E-state index is 4.30. The molecule has 0 aliphatic carbocycles. The van der Waals surface area contributed by atoms with E-state index >= 15 is 0 Å². The molecular formula is C120H103Br3Ir4N10-. The number of aryl methyl sites for hydroxylation is 10. The van der Waals surface area contributed by atoms with Gasteiger partial charge in [-0.3, -0.25) is 15.0 Å². The van der Waals surface area contributed by atoms with Crippen LogP contribution in [0.3, 0.4) is 0 Å². The van der Waals surface area contributed by atoms with E-state index < -0.39 is 0 Å². The maximum absolute atomic E-state index is 4.30. The Morgan fingerprint density at radius 2 is 0.350 bits per heavy atom. The van der Waals surface area contributed by atoms with Crippen molar-refractivity contribution in [2.45, 2.75) is 69.2 Å². The zero-order valence-electron chi connectivity index (χ0n) is 77.6. The van der Waals surface area contributed by atoms with E-state index in [-0.39, 0.29) is 80.4 Å². The van der Waals surface area contributed by atoms with Gasteiger partial charge < -0.3 is 34.9 Å². The molecule has 691 valence electrons. The normalized spacial score (nSPS) is 9.26. The van der Waals surface area contributed by atoms with Crippen LogP contribution in [0.1, 0.15) is 55.6 Å². The molecular weight excluding hydrogens is 2590 g/mol. The van der Waals surface area contributed by atoms with Gasteiger partial charge in [0.05, 0.1) is 0 Å². The summed E-state index contributed by atoms with van der Waals surface area (Å²) in [7, 11) is 0. The minimum atomic E-state index is 0. The van der Waals surface area contributed by atoms with Gasteiger partial charge in [0.1, 0.15) is 0 Å². The molecule has 0 amide bonds. The molecule has 137 heavy (non-hydrogen) atoms. The standard InChI is InChI=1S/2C12H9BrN.5C12H10N.C6H4Br.3C6H7N.2C6H5.4Ir/c2*1-9-5-6-14-12(7-9)10-3-2-4-11(13)8-10;5*1-10-7-8-13-12(9-10)11-5-3-2-4-6-11;7-6-4-2-1-3-5-6;3*1-6-2-4-7-5-3-6;2*1-2-4-6-5-3-1;;;;/h2*2,4-8H,1H3;5*2-5,7-9H,1H3;2-5H;3*2-5H,1H3;2*1-5H;;;;/q8*-1;;;;2*-1;;3*+3. The second-order valence-corrected chi connectivity index (χ2v) is 31.9. The molecule has 0 fully saturated rings. The predicted molar refractivity (Wildman–Crippen MR) is 559 cm³/mol. The Kier molecular flexibility index (Phi) is 60.9. The van der Waals surface area contributed by atoms with Gasteiger partial charge in [-0.2, -0.15) is 103 Å². The largest absolute Gasteiger partial charge is 3.00 e. The molecule has 0 saturated heterocycles. The third-order valence-electron chi connectivity index (χ3n) is 17.8. The van der Waals surface area contributed by atoms with Crippen LogP contribution in [0.25, 0.3) is 78.8 Å². The Morgan fingerprint density at radius 1 is 0.168 bits per heavy atom. The van der Waals surface area contributed by atoms with Crippen LogP contribution in [0.4, 0.5) is 0 Å². The summed E-state index contributed by atoms with van der Waals surface area (Å²) in [6.45, 7) is 20.6. The minimum Gasteiger partial charge on any atom is -0.305 e. The summed E-state index contributed by atoms with van der Waals surface area (Å²) in [5.41, 5.74) is 26.5.